The Balaban J connectivity index is 2.09. The molecule has 0 radical (unpaired) electrons. The van der Waals surface area contributed by atoms with E-state index in [2.05, 4.69) is 31.1 Å². The molecule has 0 saturated carbocycles. The van der Waals surface area contributed by atoms with Gasteiger partial charge in [-0.25, -0.2) is 13.4 Å². The van der Waals surface area contributed by atoms with Gasteiger partial charge in [0.1, 0.15) is 0 Å². The van der Waals surface area contributed by atoms with Crippen LogP contribution in [0.3, 0.4) is 0 Å². The number of aromatic nitrogens is 1. The molecule has 2 aromatic rings. The summed E-state index contributed by atoms with van der Waals surface area (Å²) < 4.78 is 23.1. The van der Waals surface area contributed by atoms with E-state index in [4.69, 9.17) is 0 Å². The molecule has 1 aromatic carbocycles. The van der Waals surface area contributed by atoms with Crippen LogP contribution in [-0.2, 0) is 21.8 Å². The van der Waals surface area contributed by atoms with E-state index in [9.17, 15) is 8.42 Å². The minimum atomic E-state index is -3.18. The van der Waals surface area contributed by atoms with Gasteiger partial charge in [-0.1, -0.05) is 26.8 Å². The van der Waals surface area contributed by atoms with E-state index in [-0.39, 0.29) is 5.41 Å². The second-order valence-electron chi connectivity index (χ2n) is 6.05. The zero-order valence-corrected chi connectivity index (χ0v) is 14.3. The molecule has 0 unspecified atom stereocenters. The fourth-order valence-corrected chi connectivity index (χ4v) is 3.34. The predicted octanol–water partition coefficient (Wildman–Crippen LogP) is 3.46. The Hall–Kier alpha value is -1.40. The first-order valence-corrected chi connectivity index (χ1v) is 9.42. The SMILES string of the molecule is CC(C)(C)c1nc(CNc2cccc(S(C)(=O)=O)c2)cs1. The number of thiazole rings is 1. The molecular formula is C15H20N2O2S2. The number of rotatable bonds is 4. The normalized spacial score (nSPS) is 12.4. The van der Waals surface area contributed by atoms with Gasteiger partial charge in [0.2, 0.25) is 0 Å². The van der Waals surface area contributed by atoms with Crippen molar-refractivity contribution in [3.05, 3.63) is 40.3 Å². The van der Waals surface area contributed by atoms with Gasteiger partial charge >= 0.3 is 0 Å². The maximum absolute atomic E-state index is 11.5. The number of anilines is 1. The molecule has 0 aliphatic rings. The summed E-state index contributed by atoms with van der Waals surface area (Å²) in [7, 11) is -3.18. The number of hydrogen-bond donors (Lipinski definition) is 1. The van der Waals surface area contributed by atoms with E-state index in [0.717, 1.165) is 16.4 Å². The van der Waals surface area contributed by atoms with E-state index < -0.39 is 9.84 Å². The molecule has 114 valence electrons. The van der Waals surface area contributed by atoms with Crippen LogP contribution in [0.4, 0.5) is 5.69 Å². The summed E-state index contributed by atoms with van der Waals surface area (Å²) in [6, 6.07) is 6.83. The Morgan fingerprint density at radius 2 is 2.00 bits per heavy atom. The summed E-state index contributed by atoms with van der Waals surface area (Å²) in [5.74, 6) is 0. The third-order valence-electron chi connectivity index (χ3n) is 2.93. The standard InChI is InChI=1S/C15H20N2O2S2/c1-15(2,3)14-17-12(10-20-14)9-16-11-6-5-7-13(8-11)21(4,18)19/h5-8,10,16H,9H2,1-4H3. The Kier molecular flexibility index (Phi) is 4.39. The smallest absolute Gasteiger partial charge is 0.175 e. The first-order valence-electron chi connectivity index (χ1n) is 6.65. The van der Waals surface area contributed by atoms with Gasteiger partial charge in [0.05, 0.1) is 22.1 Å². The van der Waals surface area contributed by atoms with Crippen LogP contribution in [0.5, 0.6) is 0 Å². The fourth-order valence-electron chi connectivity index (χ4n) is 1.76. The lowest BCUT2D eigenvalue weighted by Gasteiger charge is -2.13. The van der Waals surface area contributed by atoms with Crippen molar-refractivity contribution in [2.45, 2.75) is 37.6 Å². The number of hydrogen-bond acceptors (Lipinski definition) is 5. The summed E-state index contributed by atoms with van der Waals surface area (Å²) >= 11 is 1.65. The van der Waals surface area contributed by atoms with E-state index in [1.54, 1.807) is 29.5 Å². The van der Waals surface area contributed by atoms with Crippen LogP contribution in [0.25, 0.3) is 0 Å². The maximum atomic E-state index is 11.5. The summed E-state index contributed by atoms with van der Waals surface area (Å²) in [4.78, 5) is 4.93. The second kappa shape index (κ2) is 5.77. The zero-order chi connectivity index (χ0) is 15.7. The zero-order valence-electron chi connectivity index (χ0n) is 12.7. The van der Waals surface area contributed by atoms with Crippen LogP contribution < -0.4 is 5.32 Å². The number of benzene rings is 1. The number of sulfone groups is 1. The Morgan fingerprint density at radius 1 is 1.29 bits per heavy atom. The molecule has 0 fully saturated rings. The molecule has 21 heavy (non-hydrogen) atoms. The minimum Gasteiger partial charge on any atom is -0.379 e. The molecule has 0 amide bonds. The van der Waals surface area contributed by atoms with Crippen molar-refractivity contribution in [1.82, 2.24) is 4.98 Å². The molecule has 4 nitrogen and oxygen atoms in total. The summed E-state index contributed by atoms with van der Waals surface area (Å²) in [6.07, 6.45) is 1.21. The maximum Gasteiger partial charge on any atom is 0.175 e. The number of nitrogens with one attached hydrogen (secondary N) is 1. The van der Waals surface area contributed by atoms with Crippen LogP contribution in [0.15, 0.2) is 34.5 Å². The molecule has 1 aromatic heterocycles. The lowest BCUT2D eigenvalue weighted by Crippen LogP contribution is -2.11. The van der Waals surface area contributed by atoms with Gasteiger partial charge in [-0.15, -0.1) is 11.3 Å². The molecule has 6 heteroatoms. The molecule has 0 aliphatic carbocycles. The van der Waals surface area contributed by atoms with Crippen LogP contribution in [0, 0.1) is 0 Å². The number of nitrogens with zero attached hydrogens (tertiary/aromatic N) is 1. The van der Waals surface area contributed by atoms with Gasteiger partial charge in [-0.3, -0.25) is 0 Å². The highest BCUT2D eigenvalue weighted by molar-refractivity contribution is 7.90. The summed E-state index contributed by atoms with van der Waals surface area (Å²) in [6.45, 7) is 7.00. The Morgan fingerprint density at radius 3 is 2.57 bits per heavy atom. The predicted molar refractivity (Wildman–Crippen MR) is 87.7 cm³/mol. The summed E-state index contributed by atoms with van der Waals surface area (Å²) in [5, 5.41) is 6.35. The molecule has 1 heterocycles. The van der Waals surface area contributed by atoms with Crippen LogP contribution in [0.2, 0.25) is 0 Å². The van der Waals surface area contributed by atoms with Crippen LogP contribution in [-0.4, -0.2) is 19.7 Å². The van der Waals surface area contributed by atoms with Crippen molar-refractivity contribution in [2.75, 3.05) is 11.6 Å². The monoisotopic (exact) mass is 324 g/mol. The fraction of sp³-hybridized carbons (Fsp3) is 0.400. The third kappa shape index (κ3) is 4.28. The quantitative estimate of drug-likeness (QED) is 0.936. The first kappa shape index (κ1) is 16.0. The van der Waals surface area contributed by atoms with Gasteiger partial charge in [-0.05, 0) is 18.2 Å². The minimum absolute atomic E-state index is 0.0547. The molecule has 1 N–H and O–H groups in total. The molecule has 0 bridgehead atoms. The molecule has 0 aliphatic heterocycles. The van der Waals surface area contributed by atoms with E-state index >= 15 is 0 Å². The van der Waals surface area contributed by atoms with Crippen molar-refractivity contribution in [2.24, 2.45) is 0 Å². The summed E-state index contributed by atoms with van der Waals surface area (Å²) in [5.41, 5.74) is 1.80. The molecular weight excluding hydrogens is 304 g/mol. The highest BCUT2D eigenvalue weighted by Crippen LogP contribution is 2.26. The van der Waals surface area contributed by atoms with Gasteiger partial charge < -0.3 is 5.32 Å². The van der Waals surface area contributed by atoms with Crippen LogP contribution >= 0.6 is 11.3 Å². The van der Waals surface area contributed by atoms with Crippen molar-refractivity contribution < 1.29 is 8.42 Å². The lowest BCUT2D eigenvalue weighted by molar-refractivity contribution is 0.583. The van der Waals surface area contributed by atoms with E-state index in [0.29, 0.717) is 11.4 Å². The van der Waals surface area contributed by atoms with Crippen molar-refractivity contribution in [1.29, 1.82) is 0 Å². The van der Waals surface area contributed by atoms with Gasteiger partial charge in [0, 0.05) is 22.7 Å². The second-order valence-corrected chi connectivity index (χ2v) is 8.92. The van der Waals surface area contributed by atoms with E-state index in [1.807, 2.05) is 11.4 Å². The molecule has 0 atom stereocenters. The van der Waals surface area contributed by atoms with Crippen molar-refractivity contribution in [3.8, 4) is 0 Å². The van der Waals surface area contributed by atoms with Crippen LogP contribution in [0.1, 0.15) is 31.5 Å². The van der Waals surface area contributed by atoms with Gasteiger partial charge in [0.15, 0.2) is 9.84 Å². The van der Waals surface area contributed by atoms with E-state index in [1.165, 1.54) is 6.26 Å². The van der Waals surface area contributed by atoms with Crippen molar-refractivity contribution >= 4 is 26.9 Å². The average molecular weight is 324 g/mol. The van der Waals surface area contributed by atoms with Gasteiger partial charge in [-0.2, -0.15) is 0 Å². The molecule has 0 saturated heterocycles. The Labute approximate surface area is 130 Å². The largest absolute Gasteiger partial charge is 0.379 e. The average Bonchev–Trinajstić information content (AvgIpc) is 2.84. The highest BCUT2D eigenvalue weighted by Gasteiger charge is 2.17. The topological polar surface area (TPSA) is 59.1 Å². The Bertz CT molecular complexity index is 728. The first-order chi connectivity index (χ1) is 9.66. The molecule has 0 spiro atoms. The third-order valence-corrected chi connectivity index (χ3v) is 5.36. The van der Waals surface area contributed by atoms with Gasteiger partial charge in [0.25, 0.3) is 0 Å². The highest BCUT2D eigenvalue weighted by atomic mass is 32.2. The molecule has 2 rings (SSSR count). The lowest BCUT2D eigenvalue weighted by atomic mass is 9.98. The van der Waals surface area contributed by atoms with Crippen molar-refractivity contribution in [3.63, 3.8) is 0 Å².